The molecule has 18 heteroatoms. The fraction of sp³-hybridized carbons (Fsp3) is 0.544. The summed E-state index contributed by atoms with van der Waals surface area (Å²) in [5.74, 6) is 9.07. The monoisotopic (exact) mass is 1030 g/mol. The van der Waals surface area contributed by atoms with E-state index < -0.39 is 5.97 Å². The zero-order valence-corrected chi connectivity index (χ0v) is 44.0. The third kappa shape index (κ3) is 19.6. The van der Waals surface area contributed by atoms with Gasteiger partial charge in [-0.25, -0.2) is 5.90 Å². The second-order valence-corrected chi connectivity index (χ2v) is 19.8. The fourth-order valence-corrected chi connectivity index (χ4v) is 9.51. The summed E-state index contributed by atoms with van der Waals surface area (Å²) in [5, 5.41) is 24.6. The molecule has 2 aliphatic carbocycles. The van der Waals surface area contributed by atoms with E-state index in [1.807, 2.05) is 80.0 Å². The molecule has 9 rings (SSSR count). The molecule has 1 unspecified atom stereocenters. The Morgan fingerprint density at radius 1 is 0.600 bits per heavy atom. The van der Waals surface area contributed by atoms with Gasteiger partial charge in [0, 0.05) is 68.1 Å². The molecule has 0 bridgehead atoms. The number of ketones is 1. The molecule has 3 fully saturated rings. The van der Waals surface area contributed by atoms with Gasteiger partial charge in [-0.3, -0.25) is 14.4 Å². The molecule has 75 heavy (non-hydrogen) atoms. The summed E-state index contributed by atoms with van der Waals surface area (Å²) in [7, 11) is 0. The molecule has 9 N–H and O–H groups in total. The van der Waals surface area contributed by atoms with E-state index in [0.29, 0.717) is 55.8 Å². The van der Waals surface area contributed by atoms with Crippen molar-refractivity contribution in [2.24, 2.45) is 5.90 Å². The lowest BCUT2D eigenvalue weighted by Crippen LogP contribution is -2.24. The molecule has 1 saturated heterocycles. The number of nitrogens with zero attached hydrogens (tertiary/aromatic N) is 4. The largest absolute Gasteiger partial charge is 0.494 e. The van der Waals surface area contributed by atoms with Gasteiger partial charge in [-0.2, -0.15) is 19.9 Å². The van der Waals surface area contributed by atoms with Crippen LogP contribution in [0.2, 0.25) is 0 Å². The van der Waals surface area contributed by atoms with Crippen molar-refractivity contribution < 1.29 is 33.7 Å². The van der Waals surface area contributed by atoms with Crippen LogP contribution in [0, 0.1) is 0 Å². The topological polar surface area (TPSA) is 249 Å². The van der Waals surface area contributed by atoms with Gasteiger partial charge >= 0.3 is 5.97 Å². The Labute approximate surface area is 441 Å². The Morgan fingerprint density at radius 2 is 1.07 bits per heavy atom. The van der Waals surface area contributed by atoms with Crippen molar-refractivity contribution >= 4 is 68.7 Å². The minimum Gasteiger partial charge on any atom is -0.494 e. The molecular weight excluding hydrogens is 951 g/mol. The van der Waals surface area contributed by atoms with Crippen LogP contribution in [0.3, 0.4) is 0 Å². The lowest BCUT2D eigenvalue weighted by atomic mass is 9.95. The van der Waals surface area contributed by atoms with Crippen molar-refractivity contribution in [2.45, 2.75) is 179 Å². The normalized spacial score (nSPS) is 16.0. The molecule has 2 saturated carbocycles. The van der Waals surface area contributed by atoms with Gasteiger partial charge in [0.1, 0.15) is 40.2 Å². The van der Waals surface area contributed by atoms with Crippen LogP contribution in [0.5, 0.6) is 11.5 Å². The van der Waals surface area contributed by atoms with Gasteiger partial charge in [0.15, 0.2) is 6.29 Å². The van der Waals surface area contributed by atoms with Crippen molar-refractivity contribution in [1.82, 2.24) is 29.9 Å². The van der Waals surface area contributed by atoms with E-state index in [2.05, 4.69) is 46.0 Å². The number of anilines is 6. The van der Waals surface area contributed by atoms with Crippen LogP contribution < -0.4 is 36.6 Å². The van der Waals surface area contributed by atoms with Crippen molar-refractivity contribution in [3.8, 4) is 11.5 Å². The third-order valence-electron chi connectivity index (χ3n) is 13.8. The molecule has 0 spiro atoms. The highest BCUT2D eigenvalue weighted by molar-refractivity contribution is 5.89. The highest BCUT2D eigenvalue weighted by Crippen LogP contribution is 2.30. The number of carbonyl (C=O) groups excluding carboxylic acids is 1. The highest BCUT2D eigenvalue weighted by Gasteiger charge is 2.19. The van der Waals surface area contributed by atoms with Crippen LogP contribution >= 0.6 is 0 Å². The number of nitrogens with two attached hydrogens (primary N) is 1. The molecule has 3 aliphatic rings. The molecule has 1 atom stereocenters. The minimum absolute atomic E-state index is 0.135. The molecule has 5 heterocycles. The van der Waals surface area contributed by atoms with E-state index in [4.69, 9.17) is 35.2 Å². The van der Waals surface area contributed by atoms with E-state index in [1.165, 1.54) is 70.6 Å². The molecule has 18 nitrogen and oxygen atoms in total. The van der Waals surface area contributed by atoms with Crippen molar-refractivity contribution in [2.75, 3.05) is 41.1 Å². The van der Waals surface area contributed by atoms with Gasteiger partial charge in [0.25, 0.3) is 0 Å². The Balaban J connectivity index is 0.000000190. The molecular formula is C57H81N11O7. The zero-order chi connectivity index (χ0) is 52.3. The number of H-pyrrole nitrogens is 2. The van der Waals surface area contributed by atoms with Gasteiger partial charge in [-0.05, 0) is 125 Å². The Kier molecular flexibility index (Phi) is 23.5. The van der Waals surface area contributed by atoms with Crippen LogP contribution in [0.15, 0.2) is 73.1 Å². The summed E-state index contributed by atoms with van der Waals surface area (Å²) in [6.45, 7) is 4.04. The number of aromatic nitrogens is 6. The predicted molar refractivity (Wildman–Crippen MR) is 297 cm³/mol. The van der Waals surface area contributed by atoms with Crippen LogP contribution in [0.4, 0.5) is 34.9 Å². The molecule has 406 valence electrons. The first-order chi connectivity index (χ1) is 36.8. The number of hydrogen-bond donors (Lipinski definition) is 8. The fourth-order valence-electron chi connectivity index (χ4n) is 9.51. The van der Waals surface area contributed by atoms with Crippen LogP contribution in [-0.4, -0.2) is 85.0 Å². The average Bonchev–Trinajstić information content (AvgIpc) is 4.14. The number of carboxylic acid groups (broad SMARTS) is 1. The number of ether oxygens (including phenoxy) is 3. The summed E-state index contributed by atoms with van der Waals surface area (Å²) < 4.78 is 16.7. The minimum atomic E-state index is -0.727. The number of carbonyl (C=O) groups is 2. The number of hydrogen-bond acceptors (Lipinski definition) is 15. The number of aliphatic carboxylic acids is 1. The number of Topliss-reactive ketones (excluding diaryl/α,β-unsaturated/α-hetero) is 1. The van der Waals surface area contributed by atoms with E-state index in [9.17, 15) is 9.59 Å². The standard InChI is InChI=1S/C27H37N5O2.C25H33N5O3.C5H11NO2/c1-2-22(33)12-8-3-4-9-19-34-23-15-13-21(14-16-23)30-27-31-25-24(17-18-28-25)26(32-27)29-20-10-6-5-7-11-20;31-22(32)10-6-1-2-7-17-33-20-13-11-19(12-14-20)28-25-29-23-21(15-16-26-23)24(30-25)27-18-8-4-3-5-9-18;6-8-5-3-1-2-4-7-5/h13-18,20H,2-12,19H2,1H3,(H3,28,29,30,31,32);11-16,18H,1-10,17H2,(H,31,32)(H3,26,27,28,29,30);5H,1-4,6H2. The summed E-state index contributed by atoms with van der Waals surface area (Å²) in [6.07, 6.45) is 28.7. The molecule has 2 aromatic carbocycles. The smallest absolute Gasteiger partial charge is 0.303 e. The summed E-state index contributed by atoms with van der Waals surface area (Å²) in [4.78, 5) is 51.5. The van der Waals surface area contributed by atoms with Gasteiger partial charge in [0.05, 0.1) is 24.0 Å². The number of benzene rings is 2. The average molecular weight is 1030 g/mol. The van der Waals surface area contributed by atoms with Crippen LogP contribution in [0.25, 0.3) is 22.1 Å². The maximum atomic E-state index is 11.3. The Morgan fingerprint density at radius 3 is 1.49 bits per heavy atom. The van der Waals surface area contributed by atoms with E-state index in [1.54, 1.807) is 0 Å². The SMILES string of the molecule is CCC(=O)CCCCCCOc1ccc(Nc2nc(NC3CCCCC3)c3cc[nH]c3n2)cc1.NOC1CCCCO1.O=C(O)CCCCCCOc1ccc(Nc2nc(NC3CCCCC3)c3cc[nH]c3n2)cc1. The van der Waals surface area contributed by atoms with E-state index in [-0.39, 0.29) is 12.7 Å². The first-order valence-electron chi connectivity index (χ1n) is 27.8. The Bertz CT molecular complexity index is 2570. The first-order valence-corrected chi connectivity index (χ1v) is 27.8. The van der Waals surface area contributed by atoms with E-state index in [0.717, 1.165) is 127 Å². The second kappa shape index (κ2) is 31.4. The molecule has 6 aromatic rings. The second-order valence-electron chi connectivity index (χ2n) is 19.8. The van der Waals surface area contributed by atoms with Crippen LogP contribution in [0.1, 0.15) is 161 Å². The molecule has 0 amide bonds. The van der Waals surface area contributed by atoms with Gasteiger partial charge in [0.2, 0.25) is 11.9 Å². The first kappa shape index (κ1) is 56.2. The van der Waals surface area contributed by atoms with Crippen LogP contribution in [-0.2, 0) is 19.2 Å². The number of unbranched alkanes of at least 4 members (excludes halogenated alkanes) is 6. The van der Waals surface area contributed by atoms with Gasteiger partial charge in [-0.1, -0.05) is 71.1 Å². The van der Waals surface area contributed by atoms with Crippen molar-refractivity contribution in [3.05, 3.63) is 73.1 Å². The van der Waals surface area contributed by atoms with Gasteiger partial charge in [-0.15, -0.1) is 0 Å². The quantitative estimate of drug-likeness (QED) is 0.0186. The molecule has 0 radical (unpaired) electrons. The number of carboxylic acids is 1. The van der Waals surface area contributed by atoms with E-state index >= 15 is 0 Å². The zero-order valence-electron chi connectivity index (χ0n) is 44.0. The van der Waals surface area contributed by atoms with Crippen molar-refractivity contribution in [1.29, 1.82) is 0 Å². The summed E-state index contributed by atoms with van der Waals surface area (Å²) in [6, 6.07) is 20.7. The third-order valence-corrected chi connectivity index (χ3v) is 13.8. The number of aromatic amines is 2. The highest BCUT2D eigenvalue weighted by atomic mass is 16.7. The maximum absolute atomic E-state index is 11.3. The molecule has 1 aliphatic heterocycles. The maximum Gasteiger partial charge on any atom is 0.303 e. The molecule has 4 aromatic heterocycles. The number of nitrogens with one attached hydrogen (secondary N) is 6. The lowest BCUT2D eigenvalue weighted by Gasteiger charge is -2.23. The van der Waals surface area contributed by atoms with Gasteiger partial charge < -0.3 is 50.6 Å². The summed E-state index contributed by atoms with van der Waals surface area (Å²) >= 11 is 0. The number of rotatable bonds is 26. The number of fused-ring (bicyclic) bond motifs is 2. The van der Waals surface area contributed by atoms with Crippen molar-refractivity contribution in [3.63, 3.8) is 0 Å². The Hall–Kier alpha value is -6.50. The summed E-state index contributed by atoms with van der Waals surface area (Å²) in [5.41, 5.74) is 3.46. The lowest BCUT2D eigenvalue weighted by molar-refractivity contribution is -0.164. The predicted octanol–water partition coefficient (Wildman–Crippen LogP) is 13.0.